The number of halogens is 2. The molecule has 0 bridgehead atoms. The zero-order valence-corrected chi connectivity index (χ0v) is 14.4. The largest absolute Gasteiger partial charge is 0.368 e. The van der Waals surface area contributed by atoms with Gasteiger partial charge in [0.15, 0.2) is 0 Å². The maximum absolute atomic E-state index is 13.1. The molecular weight excluding hydrogens is 352 g/mol. The summed E-state index contributed by atoms with van der Waals surface area (Å²) in [6.07, 6.45) is 1.33. The third-order valence-electron chi connectivity index (χ3n) is 4.80. The van der Waals surface area contributed by atoms with Crippen LogP contribution in [0.25, 0.3) is 0 Å². The van der Waals surface area contributed by atoms with Gasteiger partial charge in [0.1, 0.15) is 17.3 Å². The van der Waals surface area contributed by atoms with Crippen molar-refractivity contribution in [2.45, 2.75) is 0 Å². The summed E-state index contributed by atoms with van der Waals surface area (Å²) >= 11 is 0. The van der Waals surface area contributed by atoms with Crippen LogP contribution in [-0.2, 0) is 9.59 Å². The average Bonchev–Trinajstić information content (AvgIpc) is 2.98. The Morgan fingerprint density at radius 1 is 0.667 bits per heavy atom. The smallest absolute Gasteiger partial charge is 0.281 e. The second-order valence-electron chi connectivity index (χ2n) is 6.44. The van der Waals surface area contributed by atoms with Crippen LogP contribution < -0.4 is 9.80 Å². The number of hydrogen-bond donors (Lipinski definition) is 0. The van der Waals surface area contributed by atoms with E-state index in [4.69, 9.17) is 0 Å². The van der Waals surface area contributed by atoms with Crippen LogP contribution in [0.4, 0.5) is 20.2 Å². The van der Waals surface area contributed by atoms with Gasteiger partial charge in [-0.1, -0.05) is 0 Å². The number of rotatable bonds is 3. The van der Waals surface area contributed by atoms with Gasteiger partial charge in [-0.25, -0.2) is 13.7 Å². The van der Waals surface area contributed by atoms with E-state index in [0.717, 1.165) is 10.6 Å². The lowest BCUT2D eigenvalue weighted by Crippen LogP contribution is -2.47. The predicted molar refractivity (Wildman–Crippen MR) is 97.2 cm³/mol. The third-order valence-corrected chi connectivity index (χ3v) is 4.80. The van der Waals surface area contributed by atoms with E-state index >= 15 is 0 Å². The van der Waals surface area contributed by atoms with E-state index in [1.165, 1.54) is 42.5 Å². The molecule has 2 aromatic rings. The molecule has 2 heterocycles. The van der Waals surface area contributed by atoms with Gasteiger partial charge in [-0.05, 0) is 48.5 Å². The van der Waals surface area contributed by atoms with E-state index in [-0.39, 0.29) is 5.82 Å². The predicted octanol–water partition coefficient (Wildman–Crippen LogP) is 2.54. The molecule has 138 valence electrons. The summed E-state index contributed by atoms with van der Waals surface area (Å²) in [5.41, 5.74) is 1.62. The maximum Gasteiger partial charge on any atom is 0.281 e. The average molecular weight is 369 g/mol. The number of carbonyl (C=O) groups is 2. The molecule has 27 heavy (non-hydrogen) atoms. The molecule has 1 fully saturated rings. The van der Waals surface area contributed by atoms with Crippen molar-refractivity contribution in [1.82, 2.24) is 4.90 Å². The Kier molecular flexibility index (Phi) is 4.35. The zero-order valence-electron chi connectivity index (χ0n) is 14.4. The molecule has 0 aromatic heterocycles. The van der Waals surface area contributed by atoms with E-state index in [1.807, 2.05) is 4.90 Å². The second-order valence-corrected chi connectivity index (χ2v) is 6.44. The summed E-state index contributed by atoms with van der Waals surface area (Å²) in [5.74, 6) is -1.54. The fraction of sp³-hybridized carbons (Fsp3) is 0.200. The lowest BCUT2D eigenvalue weighted by Gasteiger charge is -2.37. The van der Waals surface area contributed by atoms with Crippen molar-refractivity contribution >= 4 is 23.2 Å². The van der Waals surface area contributed by atoms with Gasteiger partial charge in [-0.15, -0.1) is 0 Å². The highest BCUT2D eigenvalue weighted by Gasteiger charge is 2.36. The molecule has 2 aliphatic rings. The first-order chi connectivity index (χ1) is 13.0. The highest BCUT2D eigenvalue weighted by atomic mass is 19.1. The SMILES string of the molecule is O=C1C=C(N2CCN(c3ccc(F)cc3)CC2)C(=O)N1c1ccc(F)cc1. The highest BCUT2D eigenvalue weighted by molar-refractivity contribution is 6.30. The number of anilines is 2. The lowest BCUT2D eigenvalue weighted by atomic mass is 10.2. The van der Waals surface area contributed by atoms with Crippen LogP contribution in [0.3, 0.4) is 0 Å². The Balaban J connectivity index is 1.45. The molecule has 0 saturated carbocycles. The Morgan fingerprint density at radius 2 is 1.15 bits per heavy atom. The van der Waals surface area contributed by atoms with Crippen molar-refractivity contribution in [2.24, 2.45) is 0 Å². The Morgan fingerprint density at radius 3 is 1.70 bits per heavy atom. The van der Waals surface area contributed by atoms with Gasteiger partial charge in [-0.2, -0.15) is 0 Å². The quantitative estimate of drug-likeness (QED) is 0.780. The van der Waals surface area contributed by atoms with Crippen LogP contribution in [0.15, 0.2) is 60.3 Å². The minimum atomic E-state index is -0.428. The van der Waals surface area contributed by atoms with Gasteiger partial charge in [0.25, 0.3) is 11.8 Å². The highest BCUT2D eigenvalue weighted by Crippen LogP contribution is 2.26. The summed E-state index contributed by atoms with van der Waals surface area (Å²) in [4.78, 5) is 30.1. The van der Waals surface area contributed by atoms with Crippen molar-refractivity contribution in [1.29, 1.82) is 0 Å². The summed E-state index contributed by atoms with van der Waals surface area (Å²) in [6.45, 7) is 2.45. The fourth-order valence-electron chi connectivity index (χ4n) is 3.38. The van der Waals surface area contributed by atoms with Crippen molar-refractivity contribution in [2.75, 3.05) is 36.0 Å². The van der Waals surface area contributed by atoms with Crippen LogP contribution >= 0.6 is 0 Å². The Hall–Kier alpha value is -3.22. The number of piperazine rings is 1. The molecule has 1 saturated heterocycles. The van der Waals surface area contributed by atoms with Crippen molar-refractivity contribution in [3.8, 4) is 0 Å². The molecule has 0 N–H and O–H groups in total. The van der Waals surface area contributed by atoms with E-state index in [0.29, 0.717) is 37.6 Å². The van der Waals surface area contributed by atoms with Gasteiger partial charge in [-0.3, -0.25) is 9.59 Å². The van der Waals surface area contributed by atoms with Gasteiger partial charge in [0.2, 0.25) is 0 Å². The molecule has 0 aliphatic carbocycles. The molecule has 5 nitrogen and oxygen atoms in total. The molecule has 0 spiro atoms. The molecule has 0 atom stereocenters. The van der Waals surface area contributed by atoms with Gasteiger partial charge >= 0.3 is 0 Å². The number of amides is 2. The molecule has 2 amide bonds. The lowest BCUT2D eigenvalue weighted by molar-refractivity contribution is -0.121. The van der Waals surface area contributed by atoms with Crippen LogP contribution in [0.5, 0.6) is 0 Å². The van der Waals surface area contributed by atoms with Gasteiger partial charge in [0.05, 0.1) is 5.69 Å². The van der Waals surface area contributed by atoms with Crippen molar-refractivity contribution in [3.63, 3.8) is 0 Å². The van der Waals surface area contributed by atoms with E-state index in [2.05, 4.69) is 4.90 Å². The summed E-state index contributed by atoms with van der Waals surface area (Å²) in [6, 6.07) is 11.6. The molecular formula is C20H17F2N3O2. The van der Waals surface area contributed by atoms with Crippen LogP contribution in [0, 0.1) is 11.6 Å². The van der Waals surface area contributed by atoms with Gasteiger partial charge < -0.3 is 9.80 Å². The fourth-order valence-corrected chi connectivity index (χ4v) is 3.38. The standard InChI is InChI=1S/C20H17F2N3O2/c21-14-1-5-16(6-2-14)23-9-11-24(12-10-23)18-13-19(26)25(20(18)27)17-7-3-15(22)4-8-17/h1-8,13H,9-12H2. The first-order valence-electron chi connectivity index (χ1n) is 8.64. The van der Waals surface area contributed by atoms with E-state index < -0.39 is 17.6 Å². The van der Waals surface area contributed by atoms with Crippen LogP contribution in [0.2, 0.25) is 0 Å². The van der Waals surface area contributed by atoms with E-state index in [1.54, 1.807) is 12.1 Å². The Bertz CT molecular complexity index is 902. The van der Waals surface area contributed by atoms with Crippen LogP contribution in [-0.4, -0.2) is 42.9 Å². The molecule has 7 heteroatoms. The van der Waals surface area contributed by atoms with E-state index in [9.17, 15) is 18.4 Å². The van der Waals surface area contributed by atoms with Crippen molar-refractivity contribution in [3.05, 3.63) is 71.9 Å². The Labute approximate surface area is 155 Å². The monoisotopic (exact) mass is 369 g/mol. The molecule has 2 aliphatic heterocycles. The summed E-state index contributed by atoms with van der Waals surface area (Å²) in [5, 5.41) is 0. The summed E-state index contributed by atoms with van der Waals surface area (Å²) in [7, 11) is 0. The zero-order chi connectivity index (χ0) is 19.0. The summed E-state index contributed by atoms with van der Waals surface area (Å²) < 4.78 is 26.2. The number of nitrogens with zero attached hydrogens (tertiary/aromatic N) is 3. The third kappa shape index (κ3) is 3.28. The number of benzene rings is 2. The molecule has 0 radical (unpaired) electrons. The first-order valence-corrected chi connectivity index (χ1v) is 8.64. The second kappa shape index (κ2) is 6.83. The number of imide groups is 1. The normalized spacial score (nSPS) is 17.6. The topological polar surface area (TPSA) is 43.9 Å². The molecule has 4 rings (SSSR count). The number of carbonyl (C=O) groups excluding carboxylic acids is 2. The van der Waals surface area contributed by atoms with Crippen molar-refractivity contribution < 1.29 is 18.4 Å². The molecule has 2 aromatic carbocycles. The first kappa shape index (κ1) is 17.2. The van der Waals surface area contributed by atoms with Gasteiger partial charge in [0, 0.05) is 37.9 Å². The van der Waals surface area contributed by atoms with Crippen LogP contribution in [0.1, 0.15) is 0 Å². The molecule has 0 unspecified atom stereocenters. The minimum Gasteiger partial charge on any atom is -0.368 e. The number of hydrogen-bond acceptors (Lipinski definition) is 4. The maximum atomic E-state index is 13.1. The minimum absolute atomic E-state index is 0.279.